The number of nitro groups is 1. The van der Waals surface area contributed by atoms with E-state index < -0.39 is 20.9 Å². The Bertz CT molecular complexity index is 1160. The number of piperidine rings is 1. The summed E-state index contributed by atoms with van der Waals surface area (Å²) in [5, 5.41) is 13.6. The normalized spacial score (nSPS) is 14.9. The van der Waals surface area contributed by atoms with Crippen molar-refractivity contribution < 1.29 is 22.9 Å². The van der Waals surface area contributed by atoms with Gasteiger partial charge in [-0.15, -0.1) is 0 Å². The first-order chi connectivity index (χ1) is 15.2. The Kier molecular flexibility index (Phi) is 7.49. The zero-order valence-corrected chi connectivity index (χ0v) is 18.9. The number of amides is 1. The van der Waals surface area contributed by atoms with E-state index in [1.807, 2.05) is 0 Å². The van der Waals surface area contributed by atoms with Gasteiger partial charge in [0.25, 0.3) is 5.69 Å². The molecule has 9 nitrogen and oxygen atoms in total. The summed E-state index contributed by atoms with van der Waals surface area (Å²) in [7, 11) is -2.28. The fraction of sp³-hybridized carbons (Fsp3) is 0.286. The van der Waals surface area contributed by atoms with Gasteiger partial charge in [0.2, 0.25) is 15.9 Å². The van der Waals surface area contributed by atoms with Gasteiger partial charge in [0.1, 0.15) is 10.8 Å². The number of rotatable bonds is 7. The van der Waals surface area contributed by atoms with Crippen LogP contribution in [0.3, 0.4) is 0 Å². The molecular formula is C21H22ClN3O6S. The van der Waals surface area contributed by atoms with Crippen LogP contribution in [0, 0.1) is 10.1 Å². The van der Waals surface area contributed by atoms with Crippen molar-refractivity contribution in [2.24, 2.45) is 0 Å². The number of sulfonamides is 1. The van der Waals surface area contributed by atoms with Gasteiger partial charge in [-0.25, -0.2) is 8.42 Å². The molecule has 1 heterocycles. The number of carbonyl (C=O) groups is 1. The molecule has 11 heteroatoms. The van der Waals surface area contributed by atoms with Crippen molar-refractivity contribution in [2.45, 2.75) is 24.2 Å². The fourth-order valence-electron chi connectivity index (χ4n) is 3.32. The van der Waals surface area contributed by atoms with E-state index in [1.165, 1.54) is 60.0 Å². The average molecular weight is 480 g/mol. The summed E-state index contributed by atoms with van der Waals surface area (Å²) in [4.78, 5) is 22.9. The van der Waals surface area contributed by atoms with Crippen LogP contribution >= 0.6 is 11.6 Å². The average Bonchev–Trinajstić information content (AvgIpc) is 2.78. The standard InChI is InChI=1S/C21H22ClN3O6S/c1-31-20-9-7-16(32(29,30)24-11-3-2-4-12-24)14-18(20)23-21(26)10-6-15-5-8-17(22)19(13-15)25(27)28/h5-10,13-14H,2-4,11-12H2,1H3,(H,23,26)/b10-6+. The van der Waals surface area contributed by atoms with E-state index >= 15 is 0 Å². The smallest absolute Gasteiger partial charge is 0.288 e. The number of nitrogens with one attached hydrogen (secondary N) is 1. The Hall–Kier alpha value is -2.95. The molecule has 0 atom stereocenters. The highest BCUT2D eigenvalue weighted by Gasteiger charge is 2.26. The molecule has 2 aromatic rings. The first-order valence-corrected chi connectivity index (χ1v) is 11.7. The molecule has 0 aliphatic carbocycles. The first-order valence-electron chi connectivity index (χ1n) is 9.83. The molecular weight excluding hydrogens is 458 g/mol. The van der Waals surface area contributed by atoms with Crippen LogP contribution < -0.4 is 10.1 Å². The number of benzene rings is 2. The molecule has 2 aromatic carbocycles. The second kappa shape index (κ2) is 10.1. The molecule has 0 radical (unpaired) electrons. The first kappa shape index (κ1) is 23.7. The van der Waals surface area contributed by atoms with Crippen molar-refractivity contribution in [2.75, 3.05) is 25.5 Å². The minimum atomic E-state index is -3.69. The molecule has 0 saturated carbocycles. The molecule has 1 fully saturated rings. The van der Waals surface area contributed by atoms with Crippen molar-refractivity contribution in [1.82, 2.24) is 4.31 Å². The third-order valence-corrected chi connectivity index (χ3v) is 7.19. The second-order valence-electron chi connectivity index (χ2n) is 7.12. The number of nitrogens with zero attached hydrogens (tertiary/aromatic N) is 2. The number of hydrogen-bond donors (Lipinski definition) is 1. The summed E-state index contributed by atoms with van der Waals surface area (Å²) in [6, 6.07) is 8.45. The van der Waals surface area contributed by atoms with E-state index in [-0.39, 0.29) is 21.3 Å². The number of halogens is 1. The van der Waals surface area contributed by atoms with Crippen molar-refractivity contribution in [1.29, 1.82) is 0 Å². The number of anilines is 1. The van der Waals surface area contributed by atoms with Crippen LogP contribution in [0.25, 0.3) is 6.08 Å². The van der Waals surface area contributed by atoms with E-state index in [4.69, 9.17) is 16.3 Å². The van der Waals surface area contributed by atoms with Gasteiger partial charge in [0.15, 0.2) is 0 Å². The molecule has 1 N–H and O–H groups in total. The summed E-state index contributed by atoms with van der Waals surface area (Å²) >= 11 is 5.79. The van der Waals surface area contributed by atoms with Gasteiger partial charge >= 0.3 is 0 Å². The van der Waals surface area contributed by atoms with Crippen LogP contribution in [0.4, 0.5) is 11.4 Å². The lowest BCUT2D eigenvalue weighted by atomic mass is 10.2. The second-order valence-corrected chi connectivity index (χ2v) is 9.46. The molecule has 0 aromatic heterocycles. The third-order valence-electron chi connectivity index (χ3n) is 4.98. The Morgan fingerprint density at radius 1 is 1.19 bits per heavy atom. The predicted molar refractivity (Wildman–Crippen MR) is 121 cm³/mol. The fourth-order valence-corrected chi connectivity index (χ4v) is 5.05. The SMILES string of the molecule is COc1ccc(S(=O)(=O)N2CCCCC2)cc1NC(=O)/C=C/c1ccc(Cl)c([N+](=O)[O-])c1. The maximum Gasteiger partial charge on any atom is 0.288 e. The van der Waals surface area contributed by atoms with E-state index in [1.54, 1.807) is 0 Å². The Morgan fingerprint density at radius 2 is 1.91 bits per heavy atom. The topological polar surface area (TPSA) is 119 Å². The highest BCUT2D eigenvalue weighted by atomic mass is 35.5. The Balaban J connectivity index is 1.81. The molecule has 0 spiro atoms. The molecule has 32 heavy (non-hydrogen) atoms. The molecule has 0 unspecified atom stereocenters. The van der Waals surface area contributed by atoms with E-state index in [9.17, 15) is 23.3 Å². The van der Waals surface area contributed by atoms with Crippen LogP contribution in [-0.4, -0.2) is 43.8 Å². The largest absolute Gasteiger partial charge is 0.495 e. The van der Waals surface area contributed by atoms with Crippen molar-refractivity contribution >= 4 is 45.0 Å². The summed E-state index contributed by atoms with van der Waals surface area (Å²) in [5.41, 5.74) is 0.332. The highest BCUT2D eigenvalue weighted by Crippen LogP contribution is 2.30. The van der Waals surface area contributed by atoms with Crippen molar-refractivity contribution in [3.63, 3.8) is 0 Å². The van der Waals surface area contributed by atoms with Gasteiger partial charge in [-0.3, -0.25) is 14.9 Å². The molecule has 170 valence electrons. The lowest BCUT2D eigenvalue weighted by molar-refractivity contribution is -0.384. The molecule has 1 saturated heterocycles. The van der Waals surface area contributed by atoms with Crippen LogP contribution in [0.15, 0.2) is 47.4 Å². The summed E-state index contributed by atoms with van der Waals surface area (Å²) in [6.07, 6.45) is 5.19. The van der Waals surface area contributed by atoms with Crippen LogP contribution in [0.5, 0.6) is 5.75 Å². The number of nitro benzene ring substituents is 1. The quantitative estimate of drug-likeness (QED) is 0.363. The van der Waals surface area contributed by atoms with E-state index in [2.05, 4.69) is 5.32 Å². The highest BCUT2D eigenvalue weighted by molar-refractivity contribution is 7.89. The molecule has 1 aliphatic heterocycles. The number of methoxy groups -OCH3 is 1. The van der Waals surface area contributed by atoms with Crippen LogP contribution in [-0.2, 0) is 14.8 Å². The van der Waals surface area contributed by atoms with Crippen LogP contribution in [0.1, 0.15) is 24.8 Å². The lowest BCUT2D eigenvalue weighted by Crippen LogP contribution is -2.35. The predicted octanol–water partition coefficient (Wildman–Crippen LogP) is 4.08. The minimum Gasteiger partial charge on any atom is -0.495 e. The van der Waals surface area contributed by atoms with Crippen LogP contribution in [0.2, 0.25) is 5.02 Å². The zero-order valence-electron chi connectivity index (χ0n) is 17.3. The molecule has 0 bridgehead atoms. The lowest BCUT2D eigenvalue weighted by Gasteiger charge is -2.26. The van der Waals surface area contributed by atoms with E-state index in [0.29, 0.717) is 24.4 Å². The number of hydrogen-bond acceptors (Lipinski definition) is 6. The van der Waals surface area contributed by atoms with Gasteiger partial charge in [-0.05, 0) is 48.7 Å². The number of carbonyl (C=O) groups excluding carboxylic acids is 1. The van der Waals surface area contributed by atoms with Gasteiger partial charge in [0.05, 0.1) is 22.6 Å². The summed E-state index contributed by atoms with van der Waals surface area (Å²) in [6.45, 7) is 0.929. The summed E-state index contributed by atoms with van der Waals surface area (Å²) in [5.74, 6) is -0.264. The van der Waals surface area contributed by atoms with Gasteiger partial charge < -0.3 is 10.1 Å². The monoisotopic (exact) mass is 479 g/mol. The molecule has 1 aliphatic rings. The molecule has 3 rings (SSSR count). The minimum absolute atomic E-state index is 0.00642. The summed E-state index contributed by atoms with van der Waals surface area (Å²) < 4.78 is 32.6. The van der Waals surface area contributed by atoms with Gasteiger partial charge in [-0.2, -0.15) is 4.31 Å². The van der Waals surface area contributed by atoms with Crippen molar-refractivity contribution in [3.05, 3.63) is 63.2 Å². The van der Waals surface area contributed by atoms with Crippen molar-refractivity contribution in [3.8, 4) is 5.75 Å². The van der Waals surface area contributed by atoms with E-state index in [0.717, 1.165) is 19.3 Å². The Morgan fingerprint density at radius 3 is 2.56 bits per heavy atom. The Labute approximate surface area is 190 Å². The maximum atomic E-state index is 12.9. The molecule has 1 amide bonds. The number of ether oxygens (including phenoxy) is 1. The van der Waals surface area contributed by atoms with Gasteiger partial charge in [0, 0.05) is 25.2 Å². The van der Waals surface area contributed by atoms with Gasteiger partial charge in [-0.1, -0.05) is 24.1 Å². The third kappa shape index (κ3) is 5.45. The maximum absolute atomic E-state index is 12.9. The zero-order chi connectivity index (χ0) is 23.3.